The van der Waals surface area contributed by atoms with Crippen LogP contribution in [-0.2, 0) is 17.1 Å². The Morgan fingerprint density at radius 3 is 1.26 bits per heavy atom. The molecule has 2 aromatic carbocycles. The molecule has 0 saturated carbocycles. The summed E-state index contributed by atoms with van der Waals surface area (Å²) in [4.78, 5) is 17.3. The van der Waals surface area contributed by atoms with Crippen molar-refractivity contribution in [3.63, 3.8) is 0 Å². The first-order valence-electron chi connectivity index (χ1n) is 10.8. The number of fused-ring (bicyclic) bond motifs is 2. The molecular formula is C28H22CuN6+2. The van der Waals surface area contributed by atoms with Crippen LogP contribution in [0.1, 0.15) is 0 Å². The third-order valence-electron chi connectivity index (χ3n) is 5.39. The van der Waals surface area contributed by atoms with Crippen molar-refractivity contribution in [2.24, 2.45) is 0 Å². The Morgan fingerprint density at radius 1 is 0.457 bits per heavy atom. The summed E-state index contributed by atoms with van der Waals surface area (Å²) >= 11 is 0. The van der Waals surface area contributed by atoms with E-state index >= 15 is 0 Å². The van der Waals surface area contributed by atoms with Gasteiger partial charge in [0.05, 0.1) is 22.8 Å². The Labute approximate surface area is 213 Å². The molecule has 35 heavy (non-hydrogen) atoms. The van der Waals surface area contributed by atoms with E-state index in [4.69, 9.17) is 11.5 Å². The zero-order chi connectivity index (χ0) is 23.3. The van der Waals surface area contributed by atoms with Crippen LogP contribution in [0.15, 0.2) is 109 Å². The summed E-state index contributed by atoms with van der Waals surface area (Å²) in [6.45, 7) is 0. The molecule has 0 atom stereocenters. The van der Waals surface area contributed by atoms with E-state index in [2.05, 4.69) is 19.9 Å². The van der Waals surface area contributed by atoms with Gasteiger partial charge in [0.15, 0.2) is 0 Å². The van der Waals surface area contributed by atoms with E-state index < -0.39 is 0 Å². The van der Waals surface area contributed by atoms with Crippen LogP contribution in [0.3, 0.4) is 0 Å². The molecule has 4 heterocycles. The summed E-state index contributed by atoms with van der Waals surface area (Å²) in [6, 6.07) is 31.4. The standard InChI is InChI=1S/2C14H11N3.Cu/c2*15-14-11-6-2-1-5-10(11)9-13(17-14)12-7-3-4-8-16-12;/h2*1-9H,(H2,15,17);/q;;+2. The van der Waals surface area contributed by atoms with Crippen molar-refractivity contribution in [3.8, 4) is 22.8 Å². The number of nitrogens with zero attached hydrogens (tertiary/aromatic N) is 4. The van der Waals surface area contributed by atoms with Crippen LogP contribution in [-0.4, -0.2) is 19.9 Å². The molecule has 0 saturated heterocycles. The predicted molar refractivity (Wildman–Crippen MR) is 139 cm³/mol. The number of nitrogens with two attached hydrogens (primary N) is 2. The van der Waals surface area contributed by atoms with Gasteiger partial charge in [0, 0.05) is 23.2 Å². The van der Waals surface area contributed by atoms with Gasteiger partial charge >= 0.3 is 17.1 Å². The van der Waals surface area contributed by atoms with Gasteiger partial charge < -0.3 is 11.5 Å². The monoisotopic (exact) mass is 505 g/mol. The molecule has 6 rings (SSSR count). The van der Waals surface area contributed by atoms with E-state index in [0.29, 0.717) is 11.6 Å². The van der Waals surface area contributed by atoms with Gasteiger partial charge in [-0.15, -0.1) is 0 Å². The van der Waals surface area contributed by atoms with Crippen LogP contribution in [0.4, 0.5) is 11.6 Å². The Morgan fingerprint density at radius 2 is 0.857 bits per heavy atom. The van der Waals surface area contributed by atoms with Crippen LogP contribution in [0.2, 0.25) is 0 Å². The van der Waals surface area contributed by atoms with Crippen LogP contribution < -0.4 is 11.5 Å². The largest absolute Gasteiger partial charge is 2.00 e. The fourth-order valence-corrected chi connectivity index (χ4v) is 3.74. The number of rotatable bonds is 2. The minimum atomic E-state index is 0. The van der Waals surface area contributed by atoms with Crippen molar-refractivity contribution in [3.05, 3.63) is 109 Å². The maximum absolute atomic E-state index is 5.96. The Kier molecular flexibility index (Phi) is 7.31. The minimum Gasteiger partial charge on any atom is -0.383 e. The molecule has 0 unspecified atom stereocenters. The molecule has 0 aliphatic rings. The third-order valence-corrected chi connectivity index (χ3v) is 5.39. The average Bonchev–Trinajstić information content (AvgIpc) is 2.90. The first kappa shape index (κ1) is 23.8. The predicted octanol–water partition coefficient (Wildman–Crippen LogP) is 5.76. The number of aromatic nitrogens is 4. The maximum Gasteiger partial charge on any atom is 2.00 e. The Hall–Kier alpha value is -4.32. The number of hydrogen-bond donors (Lipinski definition) is 2. The molecule has 7 heteroatoms. The summed E-state index contributed by atoms with van der Waals surface area (Å²) in [5.41, 5.74) is 15.2. The number of anilines is 2. The second-order valence-corrected chi connectivity index (χ2v) is 7.66. The zero-order valence-electron chi connectivity index (χ0n) is 18.6. The summed E-state index contributed by atoms with van der Waals surface area (Å²) in [6.07, 6.45) is 3.50. The fourth-order valence-electron chi connectivity index (χ4n) is 3.74. The zero-order valence-corrected chi connectivity index (χ0v) is 19.6. The molecule has 4 N–H and O–H groups in total. The normalized spacial score (nSPS) is 10.3. The van der Waals surface area contributed by atoms with Gasteiger partial charge in [-0.1, -0.05) is 60.7 Å². The van der Waals surface area contributed by atoms with Crippen LogP contribution in [0.25, 0.3) is 44.3 Å². The van der Waals surface area contributed by atoms with E-state index in [1.54, 1.807) is 12.4 Å². The number of benzene rings is 2. The molecule has 0 aliphatic carbocycles. The Balaban J connectivity index is 0.000000160. The average molecular weight is 506 g/mol. The smallest absolute Gasteiger partial charge is 0.383 e. The molecule has 173 valence electrons. The SMILES string of the molecule is Nc1nc(-c2ccccn2)cc2ccccc12.Nc1nc(-c2ccccn2)cc2ccccc12.[Cu+2]. The van der Waals surface area contributed by atoms with Crippen molar-refractivity contribution in [1.82, 2.24) is 19.9 Å². The fraction of sp³-hybridized carbons (Fsp3) is 0. The van der Waals surface area contributed by atoms with E-state index in [1.807, 2.05) is 97.1 Å². The second kappa shape index (κ2) is 10.7. The van der Waals surface area contributed by atoms with E-state index in [1.165, 1.54) is 0 Å². The molecular weight excluding hydrogens is 484 g/mol. The molecule has 0 spiro atoms. The maximum atomic E-state index is 5.96. The van der Waals surface area contributed by atoms with Gasteiger partial charge in [-0.25, -0.2) is 9.97 Å². The topological polar surface area (TPSA) is 104 Å². The number of hydrogen-bond acceptors (Lipinski definition) is 6. The van der Waals surface area contributed by atoms with Crippen molar-refractivity contribution in [1.29, 1.82) is 0 Å². The summed E-state index contributed by atoms with van der Waals surface area (Å²) in [7, 11) is 0. The molecule has 4 aromatic heterocycles. The second-order valence-electron chi connectivity index (χ2n) is 7.66. The van der Waals surface area contributed by atoms with Gasteiger partial charge in [-0.2, -0.15) is 0 Å². The minimum absolute atomic E-state index is 0. The number of pyridine rings is 4. The van der Waals surface area contributed by atoms with E-state index in [0.717, 1.165) is 44.3 Å². The van der Waals surface area contributed by atoms with Crippen molar-refractivity contribution >= 4 is 33.2 Å². The summed E-state index contributed by atoms with van der Waals surface area (Å²) in [5.74, 6) is 1.09. The molecule has 0 amide bonds. The van der Waals surface area contributed by atoms with Gasteiger partial charge in [-0.3, -0.25) is 9.97 Å². The van der Waals surface area contributed by atoms with Gasteiger partial charge in [-0.05, 0) is 47.2 Å². The third kappa shape index (κ3) is 5.27. The van der Waals surface area contributed by atoms with E-state index in [9.17, 15) is 0 Å². The molecule has 1 radical (unpaired) electrons. The van der Waals surface area contributed by atoms with Gasteiger partial charge in [0.2, 0.25) is 0 Å². The first-order chi connectivity index (χ1) is 16.7. The van der Waals surface area contributed by atoms with Crippen LogP contribution in [0.5, 0.6) is 0 Å². The van der Waals surface area contributed by atoms with Gasteiger partial charge in [0.25, 0.3) is 0 Å². The first-order valence-corrected chi connectivity index (χ1v) is 10.8. The molecule has 6 aromatic rings. The molecule has 6 nitrogen and oxygen atoms in total. The van der Waals surface area contributed by atoms with Gasteiger partial charge in [0.1, 0.15) is 11.6 Å². The molecule has 0 aliphatic heterocycles. The van der Waals surface area contributed by atoms with E-state index in [-0.39, 0.29) is 17.1 Å². The Bertz CT molecular complexity index is 1450. The van der Waals surface area contributed by atoms with Crippen molar-refractivity contribution in [2.75, 3.05) is 11.5 Å². The van der Waals surface area contributed by atoms with Crippen LogP contribution in [0, 0.1) is 0 Å². The molecule has 0 fully saturated rings. The molecule has 0 bridgehead atoms. The van der Waals surface area contributed by atoms with Crippen molar-refractivity contribution < 1.29 is 17.1 Å². The number of nitrogen functional groups attached to an aromatic ring is 2. The van der Waals surface area contributed by atoms with Crippen molar-refractivity contribution in [2.45, 2.75) is 0 Å². The van der Waals surface area contributed by atoms with Crippen LogP contribution >= 0.6 is 0 Å². The summed E-state index contributed by atoms with van der Waals surface area (Å²) in [5, 5.41) is 4.13. The summed E-state index contributed by atoms with van der Waals surface area (Å²) < 4.78 is 0. The quantitative estimate of drug-likeness (QED) is 0.290.